The van der Waals surface area contributed by atoms with Crippen LogP contribution < -0.4 is 5.32 Å². The average molecular weight is 1250 g/mol. The molecule has 7 N–H and O–H groups in total. The Morgan fingerprint density at radius 3 is 1.93 bits per heavy atom. The predicted octanol–water partition coefficient (Wildman–Crippen LogP) is 6.99. The second-order valence-electron chi connectivity index (χ2n) is 28.7. The number of rotatable bonds is 13. The molecule has 1 saturated carbocycles. The highest BCUT2D eigenvalue weighted by molar-refractivity contribution is 6.26. The van der Waals surface area contributed by atoms with Crippen LogP contribution in [-0.4, -0.2) is 182 Å². The van der Waals surface area contributed by atoms with Crippen molar-refractivity contribution in [3.8, 4) is 0 Å². The summed E-state index contributed by atoms with van der Waals surface area (Å²) in [4.78, 5) is 42.8. The topological polar surface area (TPSA) is 286 Å². The normalized spacial score (nSPS) is 50.2. The zero-order valence-electron chi connectivity index (χ0n) is 54.6. The number of carbonyl (C=O) groups excluding carboxylic acids is 3. The molecular weight excluding hydrogens is 1150 g/mol. The van der Waals surface area contributed by atoms with Crippen molar-refractivity contribution in [3.63, 3.8) is 0 Å². The van der Waals surface area contributed by atoms with Gasteiger partial charge in [-0.2, -0.15) is 0 Å². The van der Waals surface area contributed by atoms with Gasteiger partial charge < -0.3 is 88.1 Å². The van der Waals surface area contributed by atoms with Gasteiger partial charge in [-0.3, -0.25) is 9.59 Å². The van der Waals surface area contributed by atoms with Crippen LogP contribution in [0.5, 0.6) is 0 Å². The highest BCUT2D eigenvalue weighted by Gasteiger charge is 2.64. The molecule has 2 bridgehead atoms. The quantitative estimate of drug-likeness (QED) is 0.0556. The van der Waals surface area contributed by atoms with Crippen molar-refractivity contribution in [2.75, 3.05) is 0 Å². The lowest BCUT2D eigenvalue weighted by molar-refractivity contribution is -0.352. The summed E-state index contributed by atoms with van der Waals surface area (Å²) in [5.41, 5.74) is -3.01. The third kappa shape index (κ3) is 13.6. The van der Waals surface area contributed by atoms with Crippen LogP contribution in [0.1, 0.15) is 161 Å². The lowest BCUT2D eigenvalue weighted by Crippen LogP contribution is -2.62. The molecule has 89 heavy (non-hydrogen) atoms. The Kier molecular flexibility index (Phi) is 20.8. The van der Waals surface area contributed by atoms with Crippen molar-refractivity contribution < 1.29 is 97.1 Å². The van der Waals surface area contributed by atoms with E-state index in [0.29, 0.717) is 19.3 Å². The van der Waals surface area contributed by atoms with E-state index < -0.39 is 169 Å². The van der Waals surface area contributed by atoms with Crippen molar-refractivity contribution in [1.29, 1.82) is 0 Å². The molecule has 500 valence electrons. The number of nitrogens with one attached hydrogen (secondary N) is 1. The average Bonchev–Trinajstić information content (AvgIpc) is 1.70. The number of carbonyl (C=O) groups is 3. The summed E-state index contributed by atoms with van der Waals surface area (Å²) in [5.74, 6) is -4.57. The van der Waals surface area contributed by atoms with Gasteiger partial charge in [-0.15, -0.1) is 0 Å². The molecule has 21 nitrogen and oxygen atoms in total. The van der Waals surface area contributed by atoms with E-state index >= 15 is 4.79 Å². The Balaban J connectivity index is 0.918. The fourth-order valence-corrected chi connectivity index (χ4v) is 17.3. The van der Waals surface area contributed by atoms with Gasteiger partial charge in [-0.05, 0) is 104 Å². The molecule has 31 unspecified atom stereocenters. The zero-order valence-corrected chi connectivity index (χ0v) is 54.6. The third-order valence-corrected chi connectivity index (χ3v) is 21.7. The number of fused-ring (bicyclic) bond motifs is 4. The van der Waals surface area contributed by atoms with Crippen molar-refractivity contribution in [2.45, 2.75) is 295 Å². The van der Waals surface area contributed by atoms with Gasteiger partial charge in [0.05, 0.1) is 78.8 Å². The van der Waals surface area contributed by atoms with E-state index in [2.05, 4.69) is 57.3 Å². The summed E-state index contributed by atoms with van der Waals surface area (Å²) in [6.07, 6.45) is 1.51. The van der Waals surface area contributed by atoms with Gasteiger partial charge in [-0.25, -0.2) is 4.79 Å². The minimum atomic E-state index is -1.65. The molecular formula is C68H103NO20. The Morgan fingerprint density at radius 1 is 0.652 bits per heavy atom. The number of esters is 1. The zero-order chi connectivity index (χ0) is 64.5. The van der Waals surface area contributed by atoms with E-state index in [-0.39, 0.29) is 78.9 Å². The summed E-state index contributed by atoms with van der Waals surface area (Å²) < 4.78 is 71.9. The van der Waals surface area contributed by atoms with Crippen molar-refractivity contribution in [2.24, 2.45) is 52.8 Å². The molecule has 1 spiro atoms. The highest BCUT2D eigenvalue weighted by Crippen LogP contribution is 2.61. The second kappa shape index (κ2) is 27.1. The van der Waals surface area contributed by atoms with Crippen LogP contribution in [0.25, 0.3) is 0 Å². The van der Waals surface area contributed by atoms with Crippen molar-refractivity contribution in [1.82, 2.24) is 5.32 Å². The Morgan fingerprint density at radius 2 is 1.28 bits per heavy atom. The molecule has 0 aromatic heterocycles. The molecule has 0 aromatic carbocycles. The molecule has 4 aliphatic carbocycles. The molecule has 10 rings (SSSR count). The monoisotopic (exact) mass is 1250 g/mol. The van der Waals surface area contributed by atoms with Crippen LogP contribution in [0, 0.1) is 52.8 Å². The molecule has 6 saturated heterocycles. The van der Waals surface area contributed by atoms with E-state index in [0.717, 1.165) is 24.0 Å². The van der Waals surface area contributed by atoms with E-state index in [4.69, 9.17) is 52.1 Å². The maximum Gasteiger partial charge on any atom is 0.346 e. The summed E-state index contributed by atoms with van der Waals surface area (Å²) >= 11 is 0. The van der Waals surface area contributed by atoms with Gasteiger partial charge in [0, 0.05) is 74.5 Å². The minimum absolute atomic E-state index is 0.0322. The number of hydrogen-bond donors (Lipinski definition) is 7. The third-order valence-electron chi connectivity index (χ3n) is 21.7. The second-order valence-corrected chi connectivity index (χ2v) is 28.7. The summed E-state index contributed by atoms with van der Waals surface area (Å²) in [7, 11) is 0. The number of aliphatic hydroxyl groups excluding tert-OH is 5. The molecule has 0 aromatic rings. The fourth-order valence-electron chi connectivity index (χ4n) is 17.3. The van der Waals surface area contributed by atoms with E-state index in [9.17, 15) is 40.2 Å². The Hall–Kier alpha value is -3.49. The van der Waals surface area contributed by atoms with Crippen molar-refractivity contribution >= 4 is 17.7 Å². The Bertz CT molecular complexity index is 2690. The maximum absolute atomic E-state index is 15.7. The van der Waals surface area contributed by atoms with Crippen LogP contribution in [-0.2, 0) is 66.5 Å². The molecule has 21 heteroatoms. The SMILES string of the molecule is CCCC1C=CC2C=C(C)C(OC3CC(C)(O)C(NC(C)=O)C(C)O3)C(C)/C=C(/C)C3C=CC4C(OC5CC(O)C(OC6CC(OC7CCC(O)C(C)O7)C(OC7CC(O)C(O)C(C)O7)C(C)O6)C(C)O5)C(C)CC(C)C4C3(C)C(O)=C3C(=O)OC2(C1)C3=O. The Labute approximate surface area is 525 Å². The van der Waals surface area contributed by atoms with Crippen LogP contribution in [0.15, 0.2) is 58.9 Å². The lowest BCUT2D eigenvalue weighted by atomic mass is 9.49. The molecule has 0 radical (unpaired) electrons. The van der Waals surface area contributed by atoms with Gasteiger partial charge in [0.1, 0.15) is 29.6 Å². The number of ether oxygens (including phenoxy) is 11. The predicted molar refractivity (Wildman–Crippen MR) is 322 cm³/mol. The lowest BCUT2D eigenvalue weighted by Gasteiger charge is -2.57. The standard InChI is InChI=1S/C68H103NO20/c1-15-16-42-17-18-43-25-35(6)58(88-54-30-66(13,78)62(40(11)83-54)69-41(12)70)33(4)23-31(2)45-20-19-44-56(67(45,14)63(75)55-64(76)68(43,29-42)89-65(55)77)32(3)24-34(5)59(44)85-52-27-48(73)60(38(9)81-52)86-53-28-49(84-50-22-21-46(71)36(7)79-50)61(39(10)82-53)87-51-26-47(72)57(74)37(8)80-51/h17-20,23,25,32-34,36-40,42-54,56-62,71-75,78H,15-16,21-22,24,26-30H2,1-14H3,(H,69,70)/b31-23-,35-25?,63-55?. The first-order chi connectivity index (χ1) is 41.9. The largest absolute Gasteiger partial charge is 0.511 e. The minimum Gasteiger partial charge on any atom is -0.511 e. The van der Waals surface area contributed by atoms with Gasteiger partial charge in [0.15, 0.2) is 37.1 Å². The number of ketones is 1. The van der Waals surface area contributed by atoms with Gasteiger partial charge in [0.25, 0.3) is 0 Å². The smallest absolute Gasteiger partial charge is 0.346 e. The van der Waals surface area contributed by atoms with Crippen LogP contribution in [0.3, 0.4) is 0 Å². The summed E-state index contributed by atoms with van der Waals surface area (Å²) in [6.45, 7) is 26.3. The van der Waals surface area contributed by atoms with Crippen LogP contribution in [0.4, 0.5) is 0 Å². The van der Waals surface area contributed by atoms with E-state index in [1.165, 1.54) is 6.92 Å². The van der Waals surface area contributed by atoms with E-state index in [1.807, 2.05) is 46.8 Å². The summed E-state index contributed by atoms with van der Waals surface area (Å²) in [5, 5.41) is 71.5. The number of amides is 1. The molecule has 10 aliphatic rings. The van der Waals surface area contributed by atoms with Gasteiger partial charge in [0.2, 0.25) is 11.7 Å². The highest BCUT2D eigenvalue weighted by atomic mass is 16.8. The first-order valence-corrected chi connectivity index (χ1v) is 33.2. The van der Waals surface area contributed by atoms with Crippen molar-refractivity contribution in [3.05, 3.63) is 58.9 Å². The molecule has 1 amide bonds. The number of Topliss-reactive ketones (excluding diaryl/α,β-unsaturated/α-hetero) is 1. The molecule has 6 aliphatic heterocycles. The fraction of sp³-hybridized carbons (Fsp3) is 0.809. The maximum atomic E-state index is 15.7. The van der Waals surface area contributed by atoms with Crippen LogP contribution in [0.2, 0.25) is 0 Å². The number of hydrogen-bond acceptors (Lipinski definition) is 20. The number of aliphatic hydroxyl groups is 6. The number of allylic oxidation sites excluding steroid dienone is 4. The molecule has 31 atom stereocenters. The molecule has 6 heterocycles. The van der Waals surface area contributed by atoms with Crippen LogP contribution >= 0.6 is 0 Å². The molecule has 7 fully saturated rings. The van der Waals surface area contributed by atoms with E-state index in [1.54, 1.807) is 27.7 Å². The van der Waals surface area contributed by atoms with Gasteiger partial charge in [-0.1, -0.05) is 83.1 Å². The first kappa shape index (κ1) is 68.4. The van der Waals surface area contributed by atoms with Gasteiger partial charge >= 0.3 is 5.97 Å². The first-order valence-electron chi connectivity index (χ1n) is 33.2. The summed E-state index contributed by atoms with van der Waals surface area (Å²) in [6, 6.07) is -0.685.